The zero-order valence-corrected chi connectivity index (χ0v) is 15.8. The van der Waals surface area contributed by atoms with Gasteiger partial charge >= 0.3 is 0 Å². The molecule has 6 heteroatoms. The van der Waals surface area contributed by atoms with Crippen molar-refractivity contribution in [3.8, 4) is 5.75 Å². The quantitative estimate of drug-likeness (QED) is 0.699. The van der Waals surface area contributed by atoms with Gasteiger partial charge in [-0.25, -0.2) is 0 Å². The lowest BCUT2D eigenvalue weighted by atomic mass is 10.1. The van der Waals surface area contributed by atoms with E-state index in [1.54, 1.807) is 7.11 Å². The van der Waals surface area contributed by atoms with E-state index < -0.39 is 0 Å². The van der Waals surface area contributed by atoms with E-state index in [1.165, 1.54) is 11.3 Å². The summed E-state index contributed by atoms with van der Waals surface area (Å²) >= 11 is 1.46. The highest BCUT2D eigenvalue weighted by atomic mass is 32.1. The Hall–Kier alpha value is -2.34. The molecule has 1 saturated heterocycles. The van der Waals surface area contributed by atoms with Gasteiger partial charge in [0.05, 0.1) is 17.7 Å². The zero-order valence-electron chi connectivity index (χ0n) is 15.0. The maximum atomic E-state index is 12.4. The number of piperazine rings is 1. The van der Waals surface area contributed by atoms with E-state index in [9.17, 15) is 9.59 Å². The molecule has 0 saturated carbocycles. The molecule has 138 valence electrons. The van der Waals surface area contributed by atoms with E-state index in [2.05, 4.69) is 4.90 Å². The van der Waals surface area contributed by atoms with E-state index in [4.69, 9.17) is 4.74 Å². The van der Waals surface area contributed by atoms with Crippen LogP contribution in [-0.2, 0) is 4.79 Å². The topological polar surface area (TPSA) is 49.9 Å². The third-order valence-corrected chi connectivity index (χ3v) is 5.56. The second-order valence-electron chi connectivity index (χ2n) is 6.29. The van der Waals surface area contributed by atoms with Gasteiger partial charge in [-0.05, 0) is 30.0 Å². The Bertz CT molecular complexity index is 737. The highest BCUT2D eigenvalue weighted by Gasteiger charge is 2.22. The van der Waals surface area contributed by atoms with Crippen molar-refractivity contribution in [2.24, 2.45) is 0 Å². The minimum absolute atomic E-state index is 0.133. The number of carbonyl (C=O) groups is 2. The Morgan fingerprint density at radius 1 is 1.04 bits per heavy atom. The molecule has 2 heterocycles. The fraction of sp³-hybridized carbons (Fsp3) is 0.400. The standard InChI is InChI=1S/C20H24N2O3S/c1-25-18-8-3-2-6-16(18)21-11-13-22(14-12-21)20(24)10-4-7-17(23)19-9-5-15-26-19/h2-3,5-6,8-9,15H,4,7,10-14H2,1H3. The summed E-state index contributed by atoms with van der Waals surface area (Å²) in [5.41, 5.74) is 1.07. The summed E-state index contributed by atoms with van der Waals surface area (Å²) in [4.78, 5) is 29.3. The van der Waals surface area contributed by atoms with Crippen molar-refractivity contribution in [3.05, 3.63) is 46.7 Å². The highest BCUT2D eigenvalue weighted by Crippen LogP contribution is 2.28. The molecule has 1 aliphatic heterocycles. The SMILES string of the molecule is COc1ccccc1N1CCN(C(=O)CCCC(=O)c2cccs2)CC1. The molecule has 0 atom stereocenters. The van der Waals surface area contributed by atoms with Crippen LogP contribution in [0, 0.1) is 0 Å². The first-order valence-corrected chi connectivity index (χ1v) is 9.79. The number of para-hydroxylation sites is 2. The van der Waals surface area contributed by atoms with Crippen molar-refractivity contribution < 1.29 is 14.3 Å². The molecule has 0 bridgehead atoms. The van der Waals surface area contributed by atoms with Gasteiger partial charge in [0.15, 0.2) is 5.78 Å². The predicted molar refractivity (Wildman–Crippen MR) is 104 cm³/mol. The van der Waals surface area contributed by atoms with E-state index in [0.29, 0.717) is 32.4 Å². The number of Topliss-reactive ketones (excluding diaryl/α,β-unsaturated/α-hetero) is 1. The second-order valence-corrected chi connectivity index (χ2v) is 7.24. The molecule has 1 amide bonds. The Morgan fingerprint density at radius 3 is 2.50 bits per heavy atom. The maximum Gasteiger partial charge on any atom is 0.222 e. The van der Waals surface area contributed by atoms with Gasteiger partial charge in [0.2, 0.25) is 5.91 Å². The lowest BCUT2D eigenvalue weighted by Crippen LogP contribution is -2.48. The van der Waals surface area contributed by atoms with Crippen molar-refractivity contribution in [1.82, 2.24) is 4.90 Å². The van der Waals surface area contributed by atoms with Crippen LogP contribution in [0.2, 0.25) is 0 Å². The summed E-state index contributed by atoms with van der Waals surface area (Å²) in [6.45, 7) is 2.99. The van der Waals surface area contributed by atoms with Crippen LogP contribution in [0.15, 0.2) is 41.8 Å². The predicted octanol–water partition coefficient (Wildman–Crippen LogP) is 3.46. The first kappa shape index (κ1) is 18.5. The van der Waals surface area contributed by atoms with Gasteiger partial charge in [-0.15, -0.1) is 11.3 Å². The van der Waals surface area contributed by atoms with Crippen molar-refractivity contribution in [3.63, 3.8) is 0 Å². The number of ether oxygens (including phenoxy) is 1. The van der Waals surface area contributed by atoms with Crippen LogP contribution < -0.4 is 9.64 Å². The molecular formula is C20H24N2O3S. The number of rotatable bonds is 7. The minimum atomic E-state index is 0.133. The lowest BCUT2D eigenvalue weighted by Gasteiger charge is -2.36. The molecule has 3 rings (SSSR count). The Balaban J connectivity index is 1.44. The fourth-order valence-electron chi connectivity index (χ4n) is 3.21. The molecule has 1 fully saturated rings. The molecule has 26 heavy (non-hydrogen) atoms. The fourth-order valence-corrected chi connectivity index (χ4v) is 3.90. The van der Waals surface area contributed by atoms with Crippen LogP contribution in [0.25, 0.3) is 0 Å². The average Bonchev–Trinajstić information content (AvgIpc) is 3.23. The number of amides is 1. The first-order chi connectivity index (χ1) is 12.7. The third-order valence-electron chi connectivity index (χ3n) is 4.65. The molecule has 0 aliphatic carbocycles. The van der Waals surface area contributed by atoms with Gasteiger partial charge < -0.3 is 14.5 Å². The van der Waals surface area contributed by atoms with Gasteiger partial charge in [-0.1, -0.05) is 18.2 Å². The van der Waals surface area contributed by atoms with Crippen LogP contribution in [-0.4, -0.2) is 49.9 Å². The summed E-state index contributed by atoms with van der Waals surface area (Å²) in [5.74, 6) is 1.14. The molecule has 0 spiro atoms. The van der Waals surface area contributed by atoms with E-state index in [1.807, 2.05) is 46.7 Å². The number of hydrogen-bond donors (Lipinski definition) is 0. The smallest absolute Gasteiger partial charge is 0.222 e. The highest BCUT2D eigenvalue weighted by molar-refractivity contribution is 7.12. The Labute approximate surface area is 158 Å². The maximum absolute atomic E-state index is 12.4. The Morgan fingerprint density at radius 2 is 1.81 bits per heavy atom. The van der Waals surface area contributed by atoms with Crippen molar-refractivity contribution in [2.75, 3.05) is 38.2 Å². The van der Waals surface area contributed by atoms with Gasteiger partial charge in [-0.2, -0.15) is 0 Å². The largest absolute Gasteiger partial charge is 0.495 e. The van der Waals surface area contributed by atoms with Crippen molar-refractivity contribution >= 4 is 28.7 Å². The number of ketones is 1. The van der Waals surface area contributed by atoms with Gasteiger partial charge in [0, 0.05) is 39.0 Å². The summed E-state index contributed by atoms with van der Waals surface area (Å²) in [7, 11) is 1.68. The van der Waals surface area contributed by atoms with Crippen LogP contribution in [0.1, 0.15) is 28.9 Å². The molecule has 5 nitrogen and oxygen atoms in total. The number of thiophene rings is 1. The summed E-state index contributed by atoms with van der Waals surface area (Å²) < 4.78 is 5.43. The molecule has 1 aromatic heterocycles. The number of methoxy groups -OCH3 is 1. The van der Waals surface area contributed by atoms with Crippen molar-refractivity contribution in [1.29, 1.82) is 0 Å². The molecule has 1 aromatic carbocycles. The number of nitrogens with zero attached hydrogens (tertiary/aromatic N) is 2. The van der Waals surface area contributed by atoms with E-state index in [-0.39, 0.29) is 11.7 Å². The molecule has 1 aliphatic rings. The molecule has 0 unspecified atom stereocenters. The molecular weight excluding hydrogens is 348 g/mol. The minimum Gasteiger partial charge on any atom is -0.495 e. The summed E-state index contributed by atoms with van der Waals surface area (Å²) in [5, 5.41) is 1.90. The van der Waals surface area contributed by atoms with Crippen molar-refractivity contribution in [2.45, 2.75) is 19.3 Å². The van der Waals surface area contributed by atoms with Crippen LogP contribution in [0.4, 0.5) is 5.69 Å². The van der Waals surface area contributed by atoms with E-state index in [0.717, 1.165) is 29.4 Å². The van der Waals surface area contributed by atoms with Gasteiger partial charge in [-0.3, -0.25) is 9.59 Å². The summed E-state index contributed by atoms with van der Waals surface area (Å²) in [6, 6.07) is 11.7. The van der Waals surface area contributed by atoms with Crippen LogP contribution >= 0.6 is 11.3 Å². The average molecular weight is 372 g/mol. The third kappa shape index (κ3) is 4.43. The number of carbonyl (C=O) groups excluding carboxylic acids is 2. The molecule has 0 N–H and O–H groups in total. The monoisotopic (exact) mass is 372 g/mol. The van der Waals surface area contributed by atoms with Crippen LogP contribution in [0.3, 0.4) is 0 Å². The number of benzene rings is 1. The summed E-state index contributed by atoms with van der Waals surface area (Å²) in [6.07, 6.45) is 1.49. The normalized spacial score (nSPS) is 14.3. The van der Waals surface area contributed by atoms with E-state index >= 15 is 0 Å². The number of hydrogen-bond acceptors (Lipinski definition) is 5. The van der Waals surface area contributed by atoms with Crippen LogP contribution in [0.5, 0.6) is 5.75 Å². The second kappa shape index (κ2) is 8.85. The molecule has 2 aromatic rings. The first-order valence-electron chi connectivity index (χ1n) is 8.91. The van der Waals surface area contributed by atoms with Gasteiger partial charge in [0.1, 0.15) is 5.75 Å². The Kier molecular flexibility index (Phi) is 6.28. The number of anilines is 1. The molecule has 0 radical (unpaired) electrons. The zero-order chi connectivity index (χ0) is 18.4. The lowest BCUT2D eigenvalue weighted by molar-refractivity contribution is -0.131. The van der Waals surface area contributed by atoms with Gasteiger partial charge in [0.25, 0.3) is 0 Å².